The number of nitrogens with zero attached hydrogens (tertiary/aromatic N) is 3. The number of amides is 1. The quantitative estimate of drug-likeness (QED) is 0.638. The molecule has 2 fully saturated rings. The Morgan fingerprint density at radius 2 is 1.74 bits per heavy atom. The summed E-state index contributed by atoms with van der Waals surface area (Å²) in [6.45, 7) is 2.22. The van der Waals surface area contributed by atoms with E-state index in [4.69, 9.17) is 14.6 Å². The smallest absolute Gasteiger partial charge is 0.475 e. The van der Waals surface area contributed by atoms with Gasteiger partial charge in [-0.3, -0.25) is 4.79 Å². The van der Waals surface area contributed by atoms with E-state index < -0.39 is 23.8 Å². The second kappa shape index (κ2) is 10.3. The Hall–Kier alpha value is -3.35. The lowest BCUT2D eigenvalue weighted by Gasteiger charge is -2.52. The first-order valence-corrected chi connectivity index (χ1v) is 10.2. The molecule has 8 nitrogen and oxygen atoms in total. The first-order valence-electron chi connectivity index (χ1n) is 10.2. The van der Waals surface area contributed by atoms with E-state index in [9.17, 15) is 26.7 Å². The minimum absolute atomic E-state index is 0.0306. The molecule has 2 aliphatic heterocycles. The van der Waals surface area contributed by atoms with Gasteiger partial charge in [-0.15, -0.1) is 0 Å². The third-order valence-corrected chi connectivity index (χ3v) is 5.35. The highest BCUT2D eigenvalue weighted by molar-refractivity contribution is 5.95. The van der Waals surface area contributed by atoms with Crippen molar-refractivity contribution in [3.05, 3.63) is 53.9 Å². The number of anilines is 1. The first kappa shape index (κ1) is 25.3. The maximum atomic E-state index is 13.3. The number of hydrogen-bond acceptors (Lipinski definition) is 6. The fraction of sp³-hybridized carbons (Fsp3) is 0.429. The molecule has 13 heteroatoms. The molecule has 2 aliphatic rings. The third kappa shape index (κ3) is 6.59. The SMILES string of the molecule is O=C(O)C(F)(F)F.O=C(c1cc(F)cc(F)c1)N1CC2(CCC(CNc3ncccn3)CO2)C1. The van der Waals surface area contributed by atoms with Crippen molar-refractivity contribution in [2.75, 3.05) is 31.6 Å². The van der Waals surface area contributed by atoms with Crippen LogP contribution in [0, 0.1) is 17.6 Å². The van der Waals surface area contributed by atoms with Crippen LogP contribution in [0.4, 0.5) is 27.9 Å². The Morgan fingerprint density at radius 1 is 1.15 bits per heavy atom. The number of carbonyl (C=O) groups excluding carboxylic acids is 1. The predicted molar refractivity (Wildman–Crippen MR) is 108 cm³/mol. The van der Waals surface area contributed by atoms with Crippen LogP contribution in [0.1, 0.15) is 23.2 Å². The zero-order valence-electron chi connectivity index (χ0n) is 17.7. The summed E-state index contributed by atoms with van der Waals surface area (Å²) in [6, 6.07) is 4.64. The molecule has 1 aromatic heterocycles. The van der Waals surface area contributed by atoms with Crippen LogP contribution in [0.5, 0.6) is 0 Å². The predicted octanol–water partition coefficient (Wildman–Crippen LogP) is 3.12. The normalized spacial score (nSPS) is 19.0. The highest BCUT2D eigenvalue weighted by Gasteiger charge is 2.48. The molecule has 1 amide bonds. The molecule has 0 saturated carbocycles. The number of alkyl halides is 3. The molecule has 34 heavy (non-hydrogen) atoms. The third-order valence-electron chi connectivity index (χ3n) is 5.35. The number of hydrogen-bond donors (Lipinski definition) is 2. The van der Waals surface area contributed by atoms with Crippen molar-refractivity contribution in [2.45, 2.75) is 24.6 Å². The van der Waals surface area contributed by atoms with Crippen molar-refractivity contribution >= 4 is 17.8 Å². The summed E-state index contributed by atoms with van der Waals surface area (Å²) in [5.74, 6) is -3.68. The summed E-state index contributed by atoms with van der Waals surface area (Å²) < 4.78 is 64.4. The van der Waals surface area contributed by atoms with Crippen LogP contribution in [0.15, 0.2) is 36.7 Å². The summed E-state index contributed by atoms with van der Waals surface area (Å²) >= 11 is 0. The molecular weight excluding hydrogens is 467 g/mol. The van der Waals surface area contributed by atoms with Gasteiger partial charge in [-0.1, -0.05) is 0 Å². The lowest BCUT2D eigenvalue weighted by molar-refractivity contribution is -0.192. The Balaban J connectivity index is 0.000000406. The number of ether oxygens (including phenoxy) is 1. The summed E-state index contributed by atoms with van der Waals surface area (Å²) in [5, 5.41) is 10.3. The second-order valence-electron chi connectivity index (χ2n) is 7.97. The number of carboxylic acid groups (broad SMARTS) is 1. The van der Waals surface area contributed by atoms with Gasteiger partial charge < -0.3 is 20.1 Å². The Morgan fingerprint density at radius 3 is 2.24 bits per heavy atom. The topological polar surface area (TPSA) is 105 Å². The summed E-state index contributed by atoms with van der Waals surface area (Å²) in [4.78, 5) is 31.1. The number of likely N-dealkylation sites (tertiary alicyclic amines) is 1. The average Bonchev–Trinajstić information content (AvgIpc) is 2.76. The summed E-state index contributed by atoms with van der Waals surface area (Å²) in [6.07, 6.45) is 0.102. The van der Waals surface area contributed by atoms with E-state index in [1.54, 1.807) is 23.4 Å². The first-order chi connectivity index (χ1) is 16.0. The monoisotopic (exact) mass is 488 g/mol. The number of carbonyl (C=O) groups is 2. The number of halogens is 5. The number of rotatable bonds is 4. The molecule has 3 heterocycles. The molecule has 2 N–H and O–H groups in total. The van der Waals surface area contributed by atoms with Crippen LogP contribution in [0.25, 0.3) is 0 Å². The zero-order chi connectivity index (χ0) is 24.9. The van der Waals surface area contributed by atoms with Gasteiger partial charge in [-0.2, -0.15) is 13.2 Å². The van der Waals surface area contributed by atoms with E-state index in [-0.39, 0.29) is 17.1 Å². The van der Waals surface area contributed by atoms with Gasteiger partial charge in [0.05, 0.1) is 19.7 Å². The van der Waals surface area contributed by atoms with Crippen LogP contribution in [-0.4, -0.2) is 69.9 Å². The standard InChI is InChI=1S/C19H20F2N4O2.C2HF3O2/c20-15-6-14(7-16(21)8-15)17(26)25-11-19(12-25)3-2-13(10-27-19)9-24-18-22-4-1-5-23-18;3-2(4,5)1(6)7/h1,4-8,13H,2-3,9-12H2,(H,22,23,24);(H,6,7). The molecule has 1 aromatic carbocycles. The van der Waals surface area contributed by atoms with E-state index in [1.165, 1.54) is 0 Å². The van der Waals surface area contributed by atoms with Gasteiger partial charge in [0.15, 0.2) is 0 Å². The van der Waals surface area contributed by atoms with E-state index in [1.807, 2.05) is 0 Å². The van der Waals surface area contributed by atoms with Crippen LogP contribution >= 0.6 is 0 Å². The molecule has 0 radical (unpaired) electrons. The average molecular weight is 488 g/mol. The molecule has 2 aromatic rings. The molecule has 184 valence electrons. The van der Waals surface area contributed by atoms with Gasteiger partial charge in [0, 0.05) is 30.6 Å². The maximum absolute atomic E-state index is 13.3. The van der Waals surface area contributed by atoms with Gasteiger partial charge in [-0.05, 0) is 37.0 Å². The van der Waals surface area contributed by atoms with Crippen LogP contribution in [0.3, 0.4) is 0 Å². The molecule has 1 spiro atoms. The van der Waals surface area contributed by atoms with E-state index >= 15 is 0 Å². The maximum Gasteiger partial charge on any atom is 0.490 e. The minimum atomic E-state index is -5.08. The minimum Gasteiger partial charge on any atom is -0.475 e. The number of carboxylic acids is 1. The lowest BCUT2D eigenvalue weighted by atomic mass is 9.82. The Bertz CT molecular complexity index is 986. The van der Waals surface area contributed by atoms with E-state index in [0.29, 0.717) is 31.6 Å². The van der Waals surface area contributed by atoms with Gasteiger partial charge in [0.25, 0.3) is 5.91 Å². The lowest BCUT2D eigenvalue weighted by Crippen LogP contribution is -2.66. The zero-order valence-corrected chi connectivity index (χ0v) is 17.7. The fourth-order valence-corrected chi connectivity index (χ4v) is 3.61. The van der Waals surface area contributed by atoms with E-state index in [2.05, 4.69) is 15.3 Å². The largest absolute Gasteiger partial charge is 0.490 e. The van der Waals surface area contributed by atoms with Crippen molar-refractivity contribution in [1.29, 1.82) is 0 Å². The van der Waals surface area contributed by atoms with Crippen molar-refractivity contribution in [3.8, 4) is 0 Å². The molecule has 0 bridgehead atoms. The molecule has 4 rings (SSSR count). The van der Waals surface area contributed by atoms with Crippen molar-refractivity contribution in [3.63, 3.8) is 0 Å². The van der Waals surface area contributed by atoms with Gasteiger partial charge in [0.2, 0.25) is 5.95 Å². The Labute approximate surface area is 190 Å². The molecule has 1 unspecified atom stereocenters. The number of aliphatic carboxylic acids is 1. The van der Waals surface area contributed by atoms with Crippen LogP contribution in [0.2, 0.25) is 0 Å². The number of benzene rings is 1. The second-order valence-corrected chi connectivity index (χ2v) is 7.97. The molecule has 0 aliphatic carbocycles. The highest BCUT2D eigenvalue weighted by atomic mass is 19.4. The van der Waals surface area contributed by atoms with Gasteiger partial charge >= 0.3 is 12.1 Å². The fourth-order valence-electron chi connectivity index (χ4n) is 3.61. The van der Waals surface area contributed by atoms with Crippen LogP contribution in [-0.2, 0) is 9.53 Å². The van der Waals surface area contributed by atoms with Crippen LogP contribution < -0.4 is 5.32 Å². The van der Waals surface area contributed by atoms with Crippen molar-refractivity contribution < 1.29 is 41.4 Å². The van der Waals surface area contributed by atoms with Gasteiger partial charge in [-0.25, -0.2) is 23.5 Å². The van der Waals surface area contributed by atoms with E-state index in [0.717, 1.165) is 37.6 Å². The number of nitrogens with one attached hydrogen (secondary N) is 1. The summed E-state index contributed by atoms with van der Waals surface area (Å²) in [7, 11) is 0. The molecule has 2 saturated heterocycles. The Kier molecular flexibility index (Phi) is 7.64. The van der Waals surface area contributed by atoms with Gasteiger partial charge in [0.1, 0.15) is 17.2 Å². The number of aromatic nitrogens is 2. The molecule has 1 atom stereocenters. The van der Waals surface area contributed by atoms with Crippen molar-refractivity contribution in [2.24, 2.45) is 5.92 Å². The molecular formula is C21H21F5N4O4. The van der Waals surface area contributed by atoms with Crippen molar-refractivity contribution in [1.82, 2.24) is 14.9 Å². The highest BCUT2D eigenvalue weighted by Crippen LogP contribution is 2.36. The summed E-state index contributed by atoms with van der Waals surface area (Å²) in [5.41, 5.74) is -0.301.